The van der Waals surface area contributed by atoms with Crippen LogP contribution in [-0.2, 0) is 9.53 Å². The van der Waals surface area contributed by atoms with Crippen molar-refractivity contribution in [3.8, 4) is 0 Å². The second kappa shape index (κ2) is 3.53. The smallest absolute Gasteiger partial charge is 0.143 e. The van der Waals surface area contributed by atoms with Crippen molar-refractivity contribution in [2.45, 2.75) is 36.2 Å². The molecule has 2 nitrogen and oxygen atoms in total. The zero-order valence-corrected chi connectivity index (χ0v) is 9.09. The Labute approximate surface area is 88.8 Å². The number of hydrogen-bond acceptors (Lipinski definition) is 3. The summed E-state index contributed by atoms with van der Waals surface area (Å²) in [7, 11) is 0. The molecule has 14 heavy (non-hydrogen) atoms. The Morgan fingerprint density at radius 2 is 1.71 bits per heavy atom. The molecule has 0 amide bonds. The van der Waals surface area contributed by atoms with E-state index < -0.39 is 0 Å². The van der Waals surface area contributed by atoms with Crippen LogP contribution >= 0.6 is 11.8 Å². The van der Waals surface area contributed by atoms with Gasteiger partial charge in [0.05, 0.1) is 19.1 Å². The maximum atomic E-state index is 12.0. The largest absolute Gasteiger partial charge is 0.380 e. The number of Topliss-reactive ketones (excluding diaryl/α,β-unsaturated/α-hetero) is 1. The maximum absolute atomic E-state index is 12.0. The van der Waals surface area contributed by atoms with E-state index >= 15 is 0 Å². The summed E-state index contributed by atoms with van der Waals surface area (Å²) < 4.78 is 5.09. The van der Waals surface area contributed by atoms with E-state index in [4.69, 9.17) is 4.74 Å². The van der Waals surface area contributed by atoms with Crippen LogP contribution in [0.2, 0.25) is 0 Å². The van der Waals surface area contributed by atoms with E-state index in [1.165, 1.54) is 12.8 Å². The molecule has 0 spiro atoms. The summed E-state index contributed by atoms with van der Waals surface area (Å²) in [5.41, 5.74) is 0. The third kappa shape index (κ3) is 1.50. The lowest BCUT2D eigenvalue weighted by Gasteiger charge is -2.32. The van der Waals surface area contributed by atoms with Crippen LogP contribution in [0.15, 0.2) is 0 Å². The summed E-state index contributed by atoms with van der Waals surface area (Å²) in [6, 6.07) is 0. The van der Waals surface area contributed by atoms with Crippen LogP contribution in [0.4, 0.5) is 0 Å². The zero-order chi connectivity index (χ0) is 9.54. The van der Waals surface area contributed by atoms with E-state index in [0.717, 1.165) is 23.3 Å². The molecule has 3 rings (SSSR count). The first-order chi connectivity index (χ1) is 6.83. The fourth-order valence-corrected chi connectivity index (χ4v) is 4.60. The van der Waals surface area contributed by atoms with Gasteiger partial charge in [-0.3, -0.25) is 4.79 Å². The van der Waals surface area contributed by atoms with Crippen molar-refractivity contribution in [1.29, 1.82) is 0 Å². The first-order valence-corrected chi connectivity index (χ1v) is 6.54. The minimum Gasteiger partial charge on any atom is -0.380 e. The van der Waals surface area contributed by atoms with Crippen molar-refractivity contribution in [3.63, 3.8) is 0 Å². The molecule has 2 unspecified atom stereocenters. The van der Waals surface area contributed by atoms with Crippen molar-refractivity contribution in [2.24, 2.45) is 11.8 Å². The molecule has 2 bridgehead atoms. The van der Waals surface area contributed by atoms with Crippen molar-refractivity contribution >= 4 is 17.5 Å². The molecule has 3 fully saturated rings. The molecular weight excluding hydrogens is 196 g/mol. The van der Waals surface area contributed by atoms with Gasteiger partial charge >= 0.3 is 0 Å². The number of carbonyl (C=O) groups excluding carboxylic acids is 1. The van der Waals surface area contributed by atoms with Gasteiger partial charge in [0.25, 0.3) is 0 Å². The Kier molecular flexibility index (Phi) is 2.32. The molecule has 78 valence electrons. The summed E-state index contributed by atoms with van der Waals surface area (Å²) in [4.78, 5) is 12.0. The number of fused-ring (bicyclic) bond motifs is 2. The monoisotopic (exact) mass is 212 g/mol. The highest BCUT2D eigenvalue weighted by atomic mass is 32.2. The van der Waals surface area contributed by atoms with E-state index in [2.05, 4.69) is 11.8 Å². The maximum Gasteiger partial charge on any atom is 0.143 e. The average Bonchev–Trinajstić information content (AvgIpc) is 2.42. The number of thioether (sulfide) groups is 1. The molecule has 0 aliphatic carbocycles. The molecule has 2 atom stereocenters. The van der Waals surface area contributed by atoms with Crippen molar-refractivity contribution in [1.82, 2.24) is 0 Å². The predicted octanol–water partition coefficient (Wildman–Crippen LogP) is 1.88. The molecule has 0 aromatic heterocycles. The Bertz CT molecular complexity index is 238. The van der Waals surface area contributed by atoms with Gasteiger partial charge in [0.1, 0.15) is 5.78 Å². The lowest BCUT2D eigenvalue weighted by atomic mass is 9.86. The van der Waals surface area contributed by atoms with E-state index in [1.807, 2.05) is 0 Å². The first-order valence-electron chi connectivity index (χ1n) is 5.60. The highest BCUT2D eigenvalue weighted by molar-refractivity contribution is 8.00. The number of carbonyl (C=O) groups is 1. The van der Waals surface area contributed by atoms with E-state index in [0.29, 0.717) is 24.9 Å². The molecule has 3 heteroatoms. The van der Waals surface area contributed by atoms with Gasteiger partial charge in [-0.25, -0.2) is 0 Å². The van der Waals surface area contributed by atoms with E-state index in [-0.39, 0.29) is 5.92 Å². The SMILES string of the molecule is O=C(C1COC1)C1CC2CCC(C1)S2. The average molecular weight is 212 g/mol. The van der Waals surface area contributed by atoms with Gasteiger partial charge in [-0.05, 0) is 25.7 Å². The Balaban J connectivity index is 1.64. The second-order valence-corrected chi connectivity index (χ2v) is 6.37. The molecule has 0 aromatic carbocycles. The fourth-order valence-electron chi connectivity index (χ4n) is 2.82. The molecule has 0 saturated carbocycles. The minimum atomic E-state index is 0.252. The highest BCUT2D eigenvalue weighted by Gasteiger charge is 2.40. The topological polar surface area (TPSA) is 26.3 Å². The Morgan fingerprint density at radius 1 is 1.07 bits per heavy atom. The van der Waals surface area contributed by atoms with Crippen molar-refractivity contribution in [2.75, 3.05) is 13.2 Å². The molecule has 0 N–H and O–H groups in total. The molecule has 3 aliphatic heterocycles. The lowest BCUT2D eigenvalue weighted by molar-refractivity contribution is -0.141. The lowest BCUT2D eigenvalue weighted by Crippen LogP contribution is -2.40. The molecule has 3 heterocycles. The highest BCUT2D eigenvalue weighted by Crippen LogP contribution is 2.46. The van der Waals surface area contributed by atoms with Crippen LogP contribution in [0, 0.1) is 11.8 Å². The van der Waals surface area contributed by atoms with E-state index in [1.54, 1.807) is 0 Å². The predicted molar refractivity (Wildman–Crippen MR) is 56.4 cm³/mol. The molecule has 0 radical (unpaired) electrons. The molecule has 3 aliphatic rings. The normalized spacial score (nSPS) is 42.1. The van der Waals surface area contributed by atoms with Crippen molar-refractivity contribution in [3.05, 3.63) is 0 Å². The van der Waals surface area contributed by atoms with Crippen LogP contribution in [0.5, 0.6) is 0 Å². The van der Waals surface area contributed by atoms with Gasteiger partial charge in [-0.2, -0.15) is 11.8 Å². The first kappa shape index (κ1) is 9.22. The number of hydrogen-bond donors (Lipinski definition) is 0. The number of rotatable bonds is 2. The fraction of sp³-hybridized carbons (Fsp3) is 0.909. The summed E-state index contributed by atoms with van der Waals surface area (Å²) in [5.74, 6) is 1.14. The third-order valence-electron chi connectivity index (χ3n) is 3.73. The summed E-state index contributed by atoms with van der Waals surface area (Å²) in [6.45, 7) is 1.38. The summed E-state index contributed by atoms with van der Waals surface area (Å²) in [5, 5.41) is 1.59. The van der Waals surface area contributed by atoms with Crippen LogP contribution in [0.3, 0.4) is 0 Å². The summed E-state index contributed by atoms with van der Waals surface area (Å²) in [6.07, 6.45) is 4.99. The van der Waals surface area contributed by atoms with Gasteiger partial charge in [0.2, 0.25) is 0 Å². The third-order valence-corrected chi connectivity index (χ3v) is 5.36. The van der Waals surface area contributed by atoms with Gasteiger partial charge in [-0.15, -0.1) is 0 Å². The quantitative estimate of drug-likeness (QED) is 0.699. The number of ether oxygens (including phenoxy) is 1. The van der Waals surface area contributed by atoms with Gasteiger partial charge in [0, 0.05) is 16.4 Å². The molecule has 0 aromatic rings. The van der Waals surface area contributed by atoms with Gasteiger partial charge < -0.3 is 4.74 Å². The van der Waals surface area contributed by atoms with Gasteiger partial charge in [-0.1, -0.05) is 0 Å². The Hall–Kier alpha value is -0.0200. The minimum absolute atomic E-state index is 0.252. The second-order valence-electron chi connectivity index (χ2n) is 4.76. The van der Waals surface area contributed by atoms with Crippen LogP contribution in [0.1, 0.15) is 25.7 Å². The van der Waals surface area contributed by atoms with Crippen LogP contribution < -0.4 is 0 Å². The molecular formula is C11H16O2S. The Morgan fingerprint density at radius 3 is 2.21 bits per heavy atom. The standard InChI is InChI=1S/C11H16O2S/c12-11(8-5-13-6-8)7-3-9-1-2-10(4-7)14-9/h7-10H,1-6H2. The zero-order valence-electron chi connectivity index (χ0n) is 8.28. The van der Waals surface area contributed by atoms with Crippen LogP contribution in [0.25, 0.3) is 0 Å². The van der Waals surface area contributed by atoms with Gasteiger partial charge in [0.15, 0.2) is 0 Å². The molecule has 3 saturated heterocycles. The summed E-state index contributed by atoms with van der Waals surface area (Å²) >= 11 is 2.13. The van der Waals surface area contributed by atoms with E-state index in [9.17, 15) is 4.79 Å². The van der Waals surface area contributed by atoms with Crippen molar-refractivity contribution < 1.29 is 9.53 Å². The number of ketones is 1. The van der Waals surface area contributed by atoms with Crippen LogP contribution in [-0.4, -0.2) is 29.5 Å².